The Morgan fingerprint density at radius 1 is 1.00 bits per heavy atom. The van der Waals surface area contributed by atoms with Crippen LogP contribution in [0.15, 0.2) is 48.8 Å². The molecule has 2 aromatic heterocycles. The van der Waals surface area contributed by atoms with E-state index in [4.69, 9.17) is 15.7 Å². The van der Waals surface area contributed by atoms with Crippen molar-refractivity contribution in [2.75, 3.05) is 37.8 Å². The zero-order valence-electron chi connectivity index (χ0n) is 16.6. The van der Waals surface area contributed by atoms with Crippen molar-refractivity contribution in [1.82, 2.24) is 19.9 Å². The second kappa shape index (κ2) is 7.56. The Hall–Kier alpha value is -2.99. The SMILES string of the molecule is Cc1ccc(-c2nc(N3CC[C@H](N(C)C)C3)ncc2-c2ccc(N)nc2)cc1. The minimum Gasteiger partial charge on any atom is -0.384 e. The van der Waals surface area contributed by atoms with E-state index in [1.54, 1.807) is 6.20 Å². The molecule has 1 atom stereocenters. The fourth-order valence-corrected chi connectivity index (χ4v) is 3.58. The van der Waals surface area contributed by atoms with Gasteiger partial charge in [-0.15, -0.1) is 0 Å². The van der Waals surface area contributed by atoms with E-state index in [0.717, 1.165) is 47.8 Å². The van der Waals surface area contributed by atoms with Crippen molar-refractivity contribution < 1.29 is 0 Å². The number of aryl methyl sites for hydroxylation is 1. The third-order valence-corrected chi connectivity index (χ3v) is 5.37. The lowest BCUT2D eigenvalue weighted by molar-refractivity contribution is 0.315. The fraction of sp³-hybridized carbons (Fsp3) is 0.318. The molecular weight excluding hydrogens is 348 g/mol. The molecule has 3 aromatic rings. The molecule has 6 nitrogen and oxygen atoms in total. The van der Waals surface area contributed by atoms with Crippen LogP contribution in [0, 0.1) is 6.92 Å². The predicted molar refractivity (Wildman–Crippen MR) is 114 cm³/mol. The number of hydrogen-bond donors (Lipinski definition) is 1. The molecule has 0 unspecified atom stereocenters. The summed E-state index contributed by atoms with van der Waals surface area (Å²) in [7, 11) is 4.26. The molecule has 1 aliphatic heterocycles. The van der Waals surface area contributed by atoms with E-state index in [0.29, 0.717) is 11.9 Å². The van der Waals surface area contributed by atoms with E-state index in [1.165, 1.54) is 5.56 Å². The maximum atomic E-state index is 5.76. The van der Waals surface area contributed by atoms with Gasteiger partial charge in [0.15, 0.2) is 0 Å². The van der Waals surface area contributed by atoms with Gasteiger partial charge in [0.05, 0.1) is 5.69 Å². The zero-order chi connectivity index (χ0) is 19.7. The normalized spacial score (nSPS) is 16.7. The lowest BCUT2D eigenvalue weighted by atomic mass is 10.0. The zero-order valence-corrected chi connectivity index (χ0v) is 16.6. The summed E-state index contributed by atoms with van der Waals surface area (Å²) in [5, 5.41) is 0. The lowest BCUT2D eigenvalue weighted by Crippen LogP contribution is -2.32. The fourth-order valence-electron chi connectivity index (χ4n) is 3.58. The molecule has 1 saturated heterocycles. The first-order chi connectivity index (χ1) is 13.5. The van der Waals surface area contributed by atoms with Gasteiger partial charge in [-0.1, -0.05) is 29.8 Å². The summed E-state index contributed by atoms with van der Waals surface area (Å²) < 4.78 is 0. The van der Waals surface area contributed by atoms with E-state index >= 15 is 0 Å². The van der Waals surface area contributed by atoms with Crippen LogP contribution in [0.4, 0.5) is 11.8 Å². The number of nitrogens with zero attached hydrogens (tertiary/aromatic N) is 5. The monoisotopic (exact) mass is 374 g/mol. The largest absolute Gasteiger partial charge is 0.384 e. The standard InChI is InChI=1S/C22H26N6/c1-15-4-6-16(7-5-15)21-19(17-8-9-20(23)24-12-17)13-25-22(26-21)28-11-10-18(14-28)27(2)3/h4-9,12-13,18H,10-11,14H2,1-3H3,(H2,23,24)/t18-/m0/s1. The van der Waals surface area contributed by atoms with Crippen LogP contribution in [0.25, 0.3) is 22.4 Å². The molecule has 1 fully saturated rings. The molecule has 144 valence electrons. The van der Waals surface area contributed by atoms with Crippen molar-refractivity contribution in [3.05, 3.63) is 54.4 Å². The summed E-state index contributed by atoms with van der Waals surface area (Å²) >= 11 is 0. The van der Waals surface area contributed by atoms with Crippen LogP contribution in [0.3, 0.4) is 0 Å². The average Bonchev–Trinajstić information content (AvgIpc) is 3.20. The predicted octanol–water partition coefficient (Wildman–Crippen LogP) is 3.24. The van der Waals surface area contributed by atoms with Crippen molar-refractivity contribution in [1.29, 1.82) is 0 Å². The number of nitrogen functional groups attached to an aromatic ring is 1. The third kappa shape index (κ3) is 3.68. The van der Waals surface area contributed by atoms with Crippen molar-refractivity contribution in [2.24, 2.45) is 0 Å². The highest BCUT2D eigenvalue weighted by atomic mass is 15.3. The maximum Gasteiger partial charge on any atom is 0.225 e. The lowest BCUT2D eigenvalue weighted by Gasteiger charge is -2.21. The molecule has 4 rings (SSSR count). The molecule has 0 radical (unpaired) electrons. The quantitative estimate of drug-likeness (QED) is 0.756. The molecule has 6 heteroatoms. The van der Waals surface area contributed by atoms with Gasteiger partial charge in [0.25, 0.3) is 0 Å². The molecule has 1 aliphatic rings. The number of pyridine rings is 1. The van der Waals surface area contributed by atoms with Gasteiger partial charge in [-0.05, 0) is 39.6 Å². The van der Waals surface area contributed by atoms with Gasteiger partial charge in [-0.2, -0.15) is 0 Å². The molecular formula is C22H26N6. The van der Waals surface area contributed by atoms with E-state index in [1.807, 2.05) is 18.3 Å². The Bertz CT molecular complexity index is 950. The van der Waals surface area contributed by atoms with E-state index < -0.39 is 0 Å². The highest BCUT2D eigenvalue weighted by Gasteiger charge is 2.26. The van der Waals surface area contributed by atoms with Gasteiger partial charge in [0, 0.05) is 48.2 Å². The Balaban J connectivity index is 1.76. The number of anilines is 2. The summed E-state index contributed by atoms with van der Waals surface area (Å²) in [6.07, 6.45) is 4.82. The number of aromatic nitrogens is 3. The van der Waals surface area contributed by atoms with Crippen LogP contribution < -0.4 is 10.6 Å². The Kier molecular flexibility index (Phi) is 4.96. The van der Waals surface area contributed by atoms with Gasteiger partial charge < -0.3 is 15.5 Å². The van der Waals surface area contributed by atoms with Crippen LogP contribution in [-0.2, 0) is 0 Å². The topological polar surface area (TPSA) is 71.2 Å². The molecule has 1 aromatic carbocycles. The summed E-state index contributed by atoms with van der Waals surface area (Å²) in [6.45, 7) is 4.01. The molecule has 0 saturated carbocycles. The van der Waals surface area contributed by atoms with E-state index in [9.17, 15) is 0 Å². The summed E-state index contributed by atoms with van der Waals surface area (Å²) in [4.78, 5) is 18.5. The number of likely N-dealkylation sites (N-methyl/N-ethyl adjacent to an activating group) is 1. The van der Waals surface area contributed by atoms with Crippen LogP contribution >= 0.6 is 0 Å². The molecule has 2 N–H and O–H groups in total. The first-order valence-electron chi connectivity index (χ1n) is 9.58. The Morgan fingerprint density at radius 2 is 1.75 bits per heavy atom. The average molecular weight is 374 g/mol. The minimum absolute atomic E-state index is 0.505. The molecule has 28 heavy (non-hydrogen) atoms. The van der Waals surface area contributed by atoms with Gasteiger partial charge in [0.2, 0.25) is 5.95 Å². The Labute approximate surface area is 166 Å². The van der Waals surface area contributed by atoms with Crippen LogP contribution in [0.1, 0.15) is 12.0 Å². The summed E-state index contributed by atoms with van der Waals surface area (Å²) in [5.41, 5.74) is 10.9. The number of hydrogen-bond acceptors (Lipinski definition) is 6. The van der Waals surface area contributed by atoms with Crippen molar-refractivity contribution in [3.8, 4) is 22.4 Å². The smallest absolute Gasteiger partial charge is 0.225 e. The Morgan fingerprint density at radius 3 is 2.39 bits per heavy atom. The summed E-state index contributed by atoms with van der Waals surface area (Å²) in [5.74, 6) is 1.29. The second-order valence-corrected chi connectivity index (χ2v) is 7.62. The number of benzene rings is 1. The van der Waals surface area contributed by atoms with Crippen LogP contribution in [0.2, 0.25) is 0 Å². The molecule has 0 bridgehead atoms. The van der Waals surface area contributed by atoms with E-state index in [2.05, 4.69) is 60.1 Å². The number of rotatable bonds is 4. The highest BCUT2D eigenvalue weighted by Crippen LogP contribution is 2.32. The first kappa shape index (κ1) is 18.4. The van der Waals surface area contributed by atoms with Crippen molar-refractivity contribution >= 4 is 11.8 Å². The minimum atomic E-state index is 0.505. The second-order valence-electron chi connectivity index (χ2n) is 7.62. The van der Waals surface area contributed by atoms with Crippen LogP contribution in [0.5, 0.6) is 0 Å². The van der Waals surface area contributed by atoms with Crippen LogP contribution in [-0.4, -0.2) is 53.1 Å². The molecule has 0 aliphatic carbocycles. The molecule has 0 amide bonds. The van der Waals surface area contributed by atoms with E-state index in [-0.39, 0.29) is 0 Å². The van der Waals surface area contributed by atoms with Crippen molar-refractivity contribution in [3.63, 3.8) is 0 Å². The van der Waals surface area contributed by atoms with Gasteiger partial charge in [0.1, 0.15) is 5.82 Å². The first-order valence-corrected chi connectivity index (χ1v) is 9.58. The number of nitrogens with two attached hydrogens (primary N) is 1. The molecule has 3 heterocycles. The third-order valence-electron chi connectivity index (χ3n) is 5.37. The summed E-state index contributed by atoms with van der Waals surface area (Å²) in [6, 6.07) is 12.8. The highest BCUT2D eigenvalue weighted by molar-refractivity contribution is 5.81. The van der Waals surface area contributed by atoms with Gasteiger partial charge >= 0.3 is 0 Å². The molecule has 0 spiro atoms. The van der Waals surface area contributed by atoms with Crippen molar-refractivity contribution in [2.45, 2.75) is 19.4 Å². The van der Waals surface area contributed by atoms with Gasteiger partial charge in [-0.3, -0.25) is 0 Å². The van der Waals surface area contributed by atoms with Gasteiger partial charge in [-0.25, -0.2) is 15.0 Å². The maximum absolute atomic E-state index is 5.76.